The number of halogens is 4. The molecule has 0 radical (unpaired) electrons. The average molecular weight is 527 g/mol. The third-order valence-corrected chi connectivity index (χ3v) is 5.49. The van der Waals surface area contributed by atoms with Crippen molar-refractivity contribution >= 4 is 45.9 Å². The minimum absolute atomic E-state index is 0.0690. The topological polar surface area (TPSA) is 84.8 Å². The number of rotatable bonds is 10. The highest BCUT2D eigenvalue weighted by molar-refractivity contribution is 7.13. The Balaban J connectivity index is 1.60. The molecule has 3 aromatic rings. The zero-order chi connectivity index (χ0) is 25.4. The van der Waals surface area contributed by atoms with E-state index in [1.807, 2.05) is 13.8 Å². The summed E-state index contributed by atoms with van der Waals surface area (Å²) >= 11 is 7.39. The molecule has 1 amide bonds. The number of hydrogen-bond acceptors (Lipinski definition) is 7. The molecule has 2 N–H and O–H groups in total. The Labute approximate surface area is 208 Å². The highest BCUT2D eigenvalue weighted by Gasteiger charge is 2.30. The number of hydrazone groups is 1. The summed E-state index contributed by atoms with van der Waals surface area (Å²) in [5.41, 5.74) is 2.89. The van der Waals surface area contributed by atoms with Crippen molar-refractivity contribution in [3.8, 4) is 11.5 Å². The predicted molar refractivity (Wildman–Crippen MR) is 130 cm³/mol. The maximum absolute atomic E-state index is 12.9. The van der Waals surface area contributed by atoms with Crippen LogP contribution in [-0.2, 0) is 17.4 Å². The summed E-state index contributed by atoms with van der Waals surface area (Å²) in [5, 5.41) is 9.16. The SMILES string of the molecule is CCOc1cc(OCC)c(/C=N\NC(=O)Cc2csc(Nc3cccc(C(F)(F)F)c3)n2)cc1Cl. The number of amides is 1. The lowest BCUT2D eigenvalue weighted by molar-refractivity contribution is -0.137. The molecule has 3 rings (SSSR count). The Kier molecular flexibility index (Phi) is 8.94. The number of nitrogens with one attached hydrogen (secondary N) is 2. The first-order valence-electron chi connectivity index (χ1n) is 10.5. The molecule has 0 fully saturated rings. The van der Waals surface area contributed by atoms with E-state index < -0.39 is 17.6 Å². The second kappa shape index (κ2) is 11.9. The van der Waals surface area contributed by atoms with E-state index in [1.165, 1.54) is 29.7 Å². The van der Waals surface area contributed by atoms with Gasteiger partial charge in [0.05, 0.1) is 42.1 Å². The van der Waals surface area contributed by atoms with Gasteiger partial charge in [-0.3, -0.25) is 4.79 Å². The third-order valence-electron chi connectivity index (χ3n) is 4.39. The first kappa shape index (κ1) is 26.3. The predicted octanol–water partition coefficient (Wildman–Crippen LogP) is 6.05. The molecule has 12 heteroatoms. The minimum atomic E-state index is -4.44. The number of ether oxygens (including phenoxy) is 2. The molecule has 0 saturated carbocycles. The van der Waals surface area contributed by atoms with Gasteiger partial charge in [0, 0.05) is 22.7 Å². The largest absolute Gasteiger partial charge is 0.493 e. The molecular formula is C23H22ClF3N4O3S. The van der Waals surface area contributed by atoms with E-state index in [1.54, 1.807) is 17.5 Å². The van der Waals surface area contributed by atoms with Crippen LogP contribution in [0, 0.1) is 0 Å². The van der Waals surface area contributed by atoms with Crippen LogP contribution in [-0.4, -0.2) is 30.3 Å². The van der Waals surface area contributed by atoms with Gasteiger partial charge in [0.15, 0.2) is 5.13 Å². The standard InChI is InChI=1S/C23H22ClF3N4O3S/c1-3-33-19-11-20(34-4-2)18(24)8-14(19)12-28-31-21(32)10-17-13-35-22(30-17)29-16-7-5-6-15(9-16)23(25,26)27/h5-9,11-13H,3-4,10H2,1-2H3,(H,29,30)(H,31,32)/b28-12-. The van der Waals surface area contributed by atoms with Gasteiger partial charge in [-0.1, -0.05) is 17.7 Å². The van der Waals surface area contributed by atoms with Gasteiger partial charge in [0.2, 0.25) is 5.91 Å². The van der Waals surface area contributed by atoms with Crippen molar-refractivity contribution in [2.45, 2.75) is 26.4 Å². The van der Waals surface area contributed by atoms with E-state index in [0.717, 1.165) is 12.1 Å². The number of anilines is 2. The second-order valence-electron chi connectivity index (χ2n) is 7.00. The quantitative estimate of drug-likeness (QED) is 0.248. The first-order valence-corrected chi connectivity index (χ1v) is 11.7. The van der Waals surface area contributed by atoms with Crippen LogP contribution in [0.25, 0.3) is 0 Å². The number of carbonyl (C=O) groups is 1. The van der Waals surface area contributed by atoms with Crippen LogP contribution in [0.4, 0.5) is 24.0 Å². The summed E-state index contributed by atoms with van der Waals surface area (Å²) in [6.45, 7) is 4.54. The summed E-state index contributed by atoms with van der Waals surface area (Å²) in [6, 6.07) is 8.07. The Hall–Kier alpha value is -3.31. The Morgan fingerprint density at radius 2 is 1.91 bits per heavy atom. The van der Waals surface area contributed by atoms with Gasteiger partial charge in [0.25, 0.3) is 0 Å². The van der Waals surface area contributed by atoms with Crippen LogP contribution in [0.3, 0.4) is 0 Å². The van der Waals surface area contributed by atoms with E-state index >= 15 is 0 Å². The molecule has 7 nitrogen and oxygen atoms in total. The number of carbonyl (C=O) groups excluding carboxylic acids is 1. The van der Waals surface area contributed by atoms with Crippen molar-refractivity contribution in [3.05, 3.63) is 63.6 Å². The highest BCUT2D eigenvalue weighted by atomic mass is 35.5. The van der Waals surface area contributed by atoms with E-state index in [2.05, 4.69) is 20.8 Å². The van der Waals surface area contributed by atoms with Crippen LogP contribution in [0.1, 0.15) is 30.7 Å². The van der Waals surface area contributed by atoms with Crippen LogP contribution in [0.5, 0.6) is 11.5 Å². The second-order valence-corrected chi connectivity index (χ2v) is 8.27. The zero-order valence-corrected chi connectivity index (χ0v) is 20.4. The summed E-state index contributed by atoms with van der Waals surface area (Å²) in [7, 11) is 0. The monoisotopic (exact) mass is 526 g/mol. The smallest absolute Gasteiger partial charge is 0.416 e. The van der Waals surface area contributed by atoms with Gasteiger partial charge < -0.3 is 14.8 Å². The zero-order valence-electron chi connectivity index (χ0n) is 18.8. The van der Waals surface area contributed by atoms with Crippen molar-refractivity contribution in [1.29, 1.82) is 0 Å². The molecule has 2 aromatic carbocycles. The van der Waals surface area contributed by atoms with Crippen molar-refractivity contribution in [2.24, 2.45) is 5.10 Å². The van der Waals surface area contributed by atoms with E-state index in [4.69, 9.17) is 21.1 Å². The van der Waals surface area contributed by atoms with Gasteiger partial charge in [-0.05, 0) is 38.1 Å². The molecule has 1 heterocycles. The van der Waals surface area contributed by atoms with Gasteiger partial charge in [-0.25, -0.2) is 10.4 Å². The molecule has 35 heavy (non-hydrogen) atoms. The number of aromatic nitrogens is 1. The van der Waals surface area contributed by atoms with Gasteiger partial charge >= 0.3 is 6.18 Å². The fourth-order valence-electron chi connectivity index (χ4n) is 2.92. The Bertz CT molecular complexity index is 1200. The lowest BCUT2D eigenvalue weighted by Gasteiger charge is -2.11. The van der Waals surface area contributed by atoms with E-state index in [9.17, 15) is 18.0 Å². The Morgan fingerprint density at radius 3 is 2.63 bits per heavy atom. The van der Waals surface area contributed by atoms with Crippen LogP contribution < -0.4 is 20.2 Å². The van der Waals surface area contributed by atoms with E-state index in [-0.39, 0.29) is 12.1 Å². The molecule has 0 bridgehead atoms. The number of benzene rings is 2. The van der Waals surface area contributed by atoms with Crippen molar-refractivity contribution in [1.82, 2.24) is 10.4 Å². The molecule has 186 valence electrons. The number of hydrogen-bond donors (Lipinski definition) is 2. The van der Waals surface area contributed by atoms with Gasteiger partial charge in [-0.2, -0.15) is 18.3 Å². The fraction of sp³-hybridized carbons (Fsp3) is 0.261. The maximum atomic E-state index is 12.9. The molecule has 0 saturated heterocycles. The number of thiazole rings is 1. The summed E-state index contributed by atoms with van der Waals surface area (Å²) in [4.78, 5) is 16.5. The minimum Gasteiger partial charge on any atom is -0.493 e. The normalized spacial score (nSPS) is 11.5. The van der Waals surface area contributed by atoms with Crippen LogP contribution in [0.15, 0.2) is 46.9 Å². The van der Waals surface area contributed by atoms with Crippen molar-refractivity contribution in [2.75, 3.05) is 18.5 Å². The lowest BCUT2D eigenvalue weighted by atomic mass is 10.2. The molecular weight excluding hydrogens is 505 g/mol. The Morgan fingerprint density at radius 1 is 1.17 bits per heavy atom. The van der Waals surface area contributed by atoms with Crippen molar-refractivity contribution in [3.63, 3.8) is 0 Å². The maximum Gasteiger partial charge on any atom is 0.416 e. The molecule has 0 aliphatic heterocycles. The molecule has 0 unspecified atom stereocenters. The number of nitrogens with zero attached hydrogens (tertiary/aromatic N) is 2. The highest BCUT2D eigenvalue weighted by Crippen LogP contribution is 2.33. The van der Waals surface area contributed by atoms with Gasteiger partial charge in [-0.15, -0.1) is 11.3 Å². The summed E-state index contributed by atoms with van der Waals surface area (Å²) < 4.78 is 49.7. The van der Waals surface area contributed by atoms with Crippen LogP contribution in [0.2, 0.25) is 5.02 Å². The van der Waals surface area contributed by atoms with Crippen molar-refractivity contribution < 1.29 is 27.4 Å². The molecule has 1 aromatic heterocycles. The number of alkyl halides is 3. The third kappa shape index (κ3) is 7.59. The molecule has 0 aliphatic rings. The lowest BCUT2D eigenvalue weighted by Crippen LogP contribution is -2.20. The summed E-state index contributed by atoms with van der Waals surface area (Å²) in [6.07, 6.45) is -3.10. The van der Waals surface area contributed by atoms with E-state index in [0.29, 0.717) is 46.1 Å². The summed E-state index contributed by atoms with van der Waals surface area (Å²) in [5.74, 6) is 0.562. The molecule has 0 atom stereocenters. The average Bonchev–Trinajstić information content (AvgIpc) is 3.23. The fourth-order valence-corrected chi connectivity index (χ4v) is 3.87. The molecule has 0 spiro atoms. The first-order chi connectivity index (χ1) is 16.7. The molecule has 0 aliphatic carbocycles. The van der Waals surface area contributed by atoms with Gasteiger partial charge in [0.1, 0.15) is 11.5 Å². The van der Waals surface area contributed by atoms with Crippen LogP contribution >= 0.6 is 22.9 Å².